The van der Waals surface area contributed by atoms with E-state index < -0.39 is 12.0 Å². The zero-order chi connectivity index (χ0) is 22.7. The van der Waals surface area contributed by atoms with Gasteiger partial charge in [-0.2, -0.15) is 0 Å². The van der Waals surface area contributed by atoms with Gasteiger partial charge in [-0.1, -0.05) is 6.07 Å². The lowest BCUT2D eigenvalue weighted by Crippen LogP contribution is -2.43. The molecule has 1 aromatic heterocycles. The average molecular weight is 436 g/mol. The molecule has 4 rings (SSSR count). The summed E-state index contributed by atoms with van der Waals surface area (Å²) in [4.78, 5) is 26.9. The quantitative estimate of drug-likeness (QED) is 0.601. The van der Waals surface area contributed by atoms with E-state index in [1.54, 1.807) is 61.8 Å². The number of nitrogens with one attached hydrogen (secondary N) is 1. The van der Waals surface area contributed by atoms with Crippen molar-refractivity contribution in [3.63, 3.8) is 0 Å². The Hall–Kier alpha value is -3.94. The number of furan rings is 1. The van der Waals surface area contributed by atoms with Crippen LogP contribution in [0.15, 0.2) is 59.2 Å². The van der Waals surface area contributed by atoms with E-state index >= 15 is 0 Å². The third kappa shape index (κ3) is 3.99. The normalized spacial score (nSPS) is 15.0. The van der Waals surface area contributed by atoms with Crippen LogP contribution in [0.3, 0.4) is 0 Å². The summed E-state index contributed by atoms with van der Waals surface area (Å²) in [6, 6.07) is 13.2. The van der Waals surface area contributed by atoms with Crippen LogP contribution >= 0.6 is 0 Å². The number of benzene rings is 2. The van der Waals surface area contributed by atoms with Crippen molar-refractivity contribution in [2.75, 3.05) is 33.2 Å². The standard InChI is InChI=1S/C24H24N2O6/c1-29-18-13-15-9-10-26(22(19-8-5-11-32-19)21(15)20(14-18)30-2)24(28)25-17-7-4-6-16(12-17)23(27)31-3/h4-8,11-14,22H,9-10H2,1-3H3,(H,25,28). The molecule has 0 fully saturated rings. The Kier molecular flexibility index (Phi) is 6.02. The summed E-state index contributed by atoms with van der Waals surface area (Å²) in [5.74, 6) is 1.45. The number of rotatable bonds is 5. The molecule has 2 heterocycles. The molecule has 0 saturated heterocycles. The zero-order valence-electron chi connectivity index (χ0n) is 18.1. The van der Waals surface area contributed by atoms with Gasteiger partial charge in [-0.3, -0.25) is 0 Å². The molecule has 0 spiro atoms. The van der Waals surface area contributed by atoms with Crippen LogP contribution in [0, 0.1) is 0 Å². The number of ether oxygens (including phenoxy) is 3. The van der Waals surface area contributed by atoms with Gasteiger partial charge in [0.05, 0.1) is 33.2 Å². The molecule has 3 aromatic rings. The van der Waals surface area contributed by atoms with Crippen molar-refractivity contribution < 1.29 is 28.2 Å². The fraction of sp³-hybridized carbons (Fsp3) is 0.250. The number of carbonyl (C=O) groups excluding carboxylic acids is 2. The van der Waals surface area contributed by atoms with Crippen LogP contribution in [-0.4, -0.2) is 44.8 Å². The Bertz CT molecular complexity index is 1110. The van der Waals surface area contributed by atoms with E-state index in [1.165, 1.54) is 7.11 Å². The number of hydrogen-bond acceptors (Lipinski definition) is 6. The van der Waals surface area contributed by atoms with E-state index in [1.807, 2.05) is 12.1 Å². The molecule has 8 heteroatoms. The fourth-order valence-electron chi connectivity index (χ4n) is 3.98. The lowest BCUT2D eigenvalue weighted by molar-refractivity contribution is 0.0600. The number of hydrogen-bond donors (Lipinski definition) is 1. The maximum atomic E-state index is 13.3. The number of anilines is 1. The van der Waals surface area contributed by atoms with Gasteiger partial charge in [-0.05, 0) is 48.4 Å². The first-order chi connectivity index (χ1) is 15.5. The van der Waals surface area contributed by atoms with Gasteiger partial charge in [0.15, 0.2) is 0 Å². The molecule has 2 aromatic carbocycles. The SMILES string of the molecule is COC(=O)c1cccc(NC(=O)N2CCc3cc(OC)cc(OC)c3C2c2ccco2)c1. The molecule has 1 atom stereocenters. The third-order valence-corrected chi connectivity index (χ3v) is 5.47. The minimum atomic E-state index is -0.488. The van der Waals surface area contributed by atoms with Gasteiger partial charge < -0.3 is 28.8 Å². The Morgan fingerprint density at radius 1 is 1.06 bits per heavy atom. The Labute approximate surface area is 185 Å². The average Bonchev–Trinajstić information content (AvgIpc) is 3.36. The molecule has 32 heavy (non-hydrogen) atoms. The van der Waals surface area contributed by atoms with Gasteiger partial charge in [0.1, 0.15) is 23.3 Å². The number of methoxy groups -OCH3 is 3. The van der Waals surface area contributed by atoms with Crippen LogP contribution in [0.4, 0.5) is 10.5 Å². The number of urea groups is 1. The van der Waals surface area contributed by atoms with Gasteiger partial charge in [0.2, 0.25) is 0 Å². The number of esters is 1. The summed E-state index contributed by atoms with van der Waals surface area (Å²) in [5, 5.41) is 2.89. The maximum absolute atomic E-state index is 13.3. The molecule has 1 aliphatic rings. The summed E-state index contributed by atoms with van der Waals surface area (Å²) in [6.07, 6.45) is 2.20. The Balaban J connectivity index is 1.70. The Morgan fingerprint density at radius 2 is 1.91 bits per heavy atom. The second-order valence-corrected chi connectivity index (χ2v) is 7.27. The van der Waals surface area contributed by atoms with Crippen LogP contribution in [0.1, 0.15) is 33.3 Å². The summed E-state index contributed by atoms with van der Waals surface area (Å²) in [7, 11) is 4.51. The zero-order valence-corrected chi connectivity index (χ0v) is 18.1. The van der Waals surface area contributed by atoms with Crippen molar-refractivity contribution in [3.8, 4) is 11.5 Å². The van der Waals surface area contributed by atoms with Crippen molar-refractivity contribution in [1.82, 2.24) is 4.90 Å². The van der Waals surface area contributed by atoms with E-state index in [9.17, 15) is 9.59 Å². The predicted octanol–water partition coefficient (Wildman–Crippen LogP) is 4.26. The van der Waals surface area contributed by atoms with Crippen molar-refractivity contribution in [1.29, 1.82) is 0 Å². The third-order valence-electron chi connectivity index (χ3n) is 5.47. The predicted molar refractivity (Wildman–Crippen MR) is 117 cm³/mol. The molecule has 0 bridgehead atoms. The molecule has 166 valence electrons. The number of fused-ring (bicyclic) bond motifs is 1. The lowest BCUT2D eigenvalue weighted by atomic mass is 9.90. The molecule has 0 aliphatic carbocycles. The molecule has 2 amide bonds. The minimum absolute atomic E-state index is 0.322. The van der Waals surface area contributed by atoms with Crippen LogP contribution in [0.25, 0.3) is 0 Å². The highest BCUT2D eigenvalue weighted by molar-refractivity contribution is 5.94. The van der Waals surface area contributed by atoms with E-state index in [0.717, 1.165) is 11.1 Å². The first-order valence-corrected chi connectivity index (χ1v) is 10.1. The summed E-state index contributed by atoms with van der Waals surface area (Å²) < 4.78 is 21.5. The van der Waals surface area contributed by atoms with Gasteiger partial charge in [0.25, 0.3) is 0 Å². The summed E-state index contributed by atoms with van der Waals surface area (Å²) in [5.41, 5.74) is 2.72. The van der Waals surface area contributed by atoms with Crippen molar-refractivity contribution in [2.45, 2.75) is 12.5 Å². The van der Waals surface area contributed by atoms with Gasteiger partial charge in [0, 0.05) is 23.9 Å². The topological polar surface area (TPSA) is 90.2 Å². The lowest BCUT2D eigenvalue weighted by Gasteiger charge is -2.37. The van der Waals surface area contributed by atoms with E-state index in [4.69, 9.17) is 18.6 Å². The summed E-state index contributed by atoms with van der Waals surface area (Å²) in [6.45, 7) is 0.456. The Morgan fingerprint density at radius 3 is 2.59 bits per heavy atom. The van der Waals surface area contributed by atoms with E-state index in [-0.39, 0.29) is 6.03 Å². The highest BCUT2D eigenvalue weighted by Crippen LogP contribution is 2.43. The molecular weight excluding hydrogens is 412 g/mol. The van der Waals surface area contributed by atoms with Crippen molar-refractivity contribution >= 4 is 17.7 Å². The highest BCUT2D eigenvalue weighted by Gasteiger charge is 2.36. The maximum Gasteiger partial charge on any atom is 0.337 e. The monoisotopic (exact) mass is 436 g/mol. The molecule has 1 N–H and O–H groups in total. The second-order valence-electron chi connectivity index (χ2n) is 7.27. The van der Waals surface area contributed by atoms with Gasteiger partial charge in [-0.15, -0.1) is 0 Å². The van der Waals surface area contributed by atoms with Crippen molar-refractivity contribution in [2.24, 2.45) is 0 Å². The van der Waals surface area contributed by atoms with Crippen molar-refractivity contribution in [3.05, 3.63) is 77.2 Å². The van der Waals surface area contributed by atoms with E-state index in [0.29, 0.717) is 41.5 Å². The first kappa shape index (κ1) is 21.3. The number of carbonyl (C=O) groups is 2. The van der Waals surface area contributed by atoms with Gasteiger partial charge >= 0.3 is 12.0 Å². The van der Waals surface area contributed by atoms with Crippen LogP contribution in [0.2, 0.25) is 0 Å². The van der Waals surface area contributed by atoms with Crippen LogP contribution in [-0.2, 0) is 11.2 Å². The largest absolute Gasteiger partial charge is 0.497 e. The van der Waals surface area contributed by atoms with Crippen LogP contribution < -0.4 is 14.8 Å². The van der Waals surface area contributed by atoms with Crippen LogP contribution in [0.5, 0.6) is 11.5 Å². The summed E-state index contributed by atoms with van der Waals surface area (Å²) >= 11 is 0. The smallest absolute Gasteiger partial charge is 0.337 e. The van der Waals surface area contributed by atoms with E-state index in [2.05, 4.69) is 5.32 Å². The molecule has 1 unspecified atom stereocenters. The second kappa shape index (κ2) is 9.05. The number of amides is 2. The fourth-order valence-corrected chi connectivity index (χ4v) is 3.98. The molecule has 8 nitrogen and oxygen atoms in total. The minimum Gasteiger partial charge on any atom is -0.497 e. The first-order valence-electron chi connectivity index (χ1n) is 10.1. The molecule has 0 radical (unpaired) electrons. The van der Waals surface area contributed by atoms with Gasteiger partial charge in [-0.25, -0.2) is 9.59 Å². The number of nitrogens with zero attached hydrogens (tertiary/aromatic N) is 1. The molecular formula is C24H24N2O6. The molecule has 1 aliphatic heterocycles. The highest BCUT2D eigenvalue weighted by atomic mass is 16.5. The molecule has 0 saturated carbocycles.